The number of hydrogen-bond acceptors (Lipinski definition) is 4. The van der Waals surface area contributed by atoms with Gasteiger partial charge in [-0.1, -0.05) is 12.1 Å². The average Bonchev–Trinajstić information content (AvgIpc) is 2.43. The summed E-state index contributed by atoms with van der Waals surface area (Å²) in [7, 11) is 0. The molecule has 2 aromatic rings. The van der Waals surface area contributed by atoms with E-state index in [-0.39, 0.29) is 6.10 Å². The average molecular weight is 364 g/mol. The van der Waals surface area contributed by atoms with Gasteiger partial charge in [0.05, 0.1) is 16.1 Å². The van der Waals surface area contributed by atoms with E-state index >= 15 is 0 Å². The molecule has 0 fully saturated rings. The molecule has 0 radical (unpaired) electrons. The van der Waals surface area contributed by atoms with E-state index in [9.17, 15) is 4.79 Å². The largest absolute Gasteiger partial charge is 0.459 e. The first-order valence-electron chi connectivity index (χ1n) is 6.92. The molecule has 0 spiro atoms. The first-order chi connectivity index (χ1) is 10.4. The molecule has 0 unspecified atom stereocenters. The SMILES string of the molecule is Cc1cc(N)c(C(=O)OC(C)C)cc1Oc1ccccc1Br. The van der Waals surface area contributed by atoms with Gasteiger partial charge in [0.1, 0.15) is 11.5 Å². The molecule has 0 aliphatic heterocycles. The number of carbonyl (C=O) groups excluding carboxylic acids is 1. The normalized spacial score (nSPS) is 10.6. The summed E-state index contributed by atoms with van der Waals surface area (Å²) in [6, 6.07) is 10.8. The fraction of sp³-hybridized carbons (Fsp3) is 0.235. The van der Waals surface area contributed by atoms with Crippen molar-refractivity contribution in [3.05, 3.63) is 52.0 Å². The maximum atomic E-state index is 12.1. The zero-order valence-corrected chi connectivity index (χ0v) is 14.3. The molecule has 0 aliphatic carbocycles. The molecule has 0 amide bonds. The van der Waals surface area contributed by atoms with E-state index in [0.29, 0.717) is 22.7 Å². The van der Waals surface area contributed by atoms with Gasteiger partial charge in [0.2, 0.25) is 0 Å². The minimum Gasteiger partial charge on any atom is -0.459 e. The molecule has 0 saturated heterocycles. The third kappa shape index (κ3) is 3.80. The van der Waals surface area contributed by atoms with Gasteiger partial charge >= 0.3 is 5.97 Å². The first-order valence-corrected chi connectivity index (χ1v) is 7.71. The highest BCUT2D eigenvalue weighted by atomic mass is 79.9. The molecule has 0 heterocycles. The number of carbonyl (C=O) groups is 1. The van der Waals surface area contributed by atoms with E-state index in [1.165, 1.54) is 0 Å². The number of hydrogen-bond donors (Lipinski definition) is 1. The van der Waals surface area contributed by atoms with E-state index in [2.05, 4.69) is 15.9 Å². The summed E-state index contributed by atoms with van der Waals surface area (Å²) in [5.41, 5.74) is 7.45. The van der Waals surface area contributed by atoms with Crippen molar-refractivity contribution < 1.29 is 14.3 Å². The molecule has 2 rings (SSSR count). The maximum Gasteiger partial charge on any atom is 0.340 e. The molecule has 0 aliphatic rings. The van der Waals surface area contributed by atoms with Crippen molar-refractivity contribution in [2.75, 3.05) is 5.73 Å². The third-order valence-electron chi connectivity index (χ3n) is 2.97. The molecule has 116 valence electrons. The number of anilines is 1. The lowest BCUT2D eigenvalue weighted by Crippen LogP contribution is -2.13. The minimum absolute atomic E-state index is 0.208. The summed E-state index contributed by atoms with van der Waals surface area (Å²) in [6.07, 6.45) is -0.208. The summed E-state index contributed by atoms with van der Waals surface area (Å²) in [5.74, 6) is 0.778. The number of ether oxygens (including phenoxy) is 2. The van der Waals surface area contributed by atoms with Crippen molar-refractivity contribution in [3.63, 3.8) is 0 Å². The predicted octanol–water partition coefficient (Wildman–Crippen LogP) is 4.70. The summed E-state index contributed by atoms with van der Waals surface area (Å²) >= 11 is 3.43. The number of nitrogen functional groups attached to an aromatic ring is 1. The van der Waals surface area contributed by atoms with E-state index in [1.54, 1.807) is 26.0 Å². The molecule has 0 atom stereocenters. The van der Waals surface area contributed by atoms with Crippen LogP contribution in [0.2, 0.25) is 0 Å². The number of rotatable bonds is 4. The summed E-state index contributed by atoms with van der Waals surface area (Å²) < 4.78 is 11.9. The van der Waals surface area contributed by atoms with Crippen LogP contribution in [0.3, 0.4) is 0 Å². The Balaban J connectivity index is 2.36. The molecule has 0 saturated carbocycles. The monoisotopic (exact) mass is 363 g/mol. The molecule has 5 heteroatoms. The van der Waals surface area contributed by atoms with Crippen LogP contribution in [0.4, 0.5) is 5.69 Å². The van der Waals surface area contributed by atoms with Gasteiger partial charge in [0.25, 0.3) is 0 Å². The predicted molar refractivity (Wildman–Crippen MR) is 90.4 cm³/mol. The highest BCUT2D eigenvalue weighted by Gasteiger charge is 2.16. The smallest absolute Gasteiger partial charge is 0.340 e. The second kappa shape index (κ2) is 6.83. The van der Waals surface area contributed by atoms with Crippen LogP contribution in [0, 0.1) is 6.92 Å². The quantitative estimate of drug-likeness (QED) is 0.631. The third-order valence-corrected chi connectivity index (χ3v) is 3.62. The van der Waals surface area contributed by atoms with Gasteiger partial charge in [0.15, 0.2) is 0 Å². The van der Waals surface area contributed by atoms with E-state index in [1.807, 2.05) is 31.2 Å². The van der Waals surface area contributed by atoms with Gasteiger partial charge in [-0.2, -0.15) is 0 Å². The molecule has 22 heavy (non-hydrogen) atoms. The van der Waals surface area contributed by atoms with Gasteiger partial charge in [-0.25, -0.2) is 4.79 Å². The van der Waals surface area contributed by atoms with Crippen molar-refractivity contribution in [1.82, 2.24) is 0 Å². The van der Waals surface area contributed by atoms with Crippen LogP contribution in [-0.2, 0) is 4.74 Å². The number of nitrogens with two attached hydrogens (primary N) is 1. The van der Waals surface area contributed by atoms with Crippen LogP contribution in [0.25, 0.3) is 0 Å². The van der Waals surface area contributed by atoms with Crippen LogP contribution in [0.5, 0.6) is 11.5 Å². The summed E-state index contributed by atoms with van der Waals surface area (Å²) in [6.45, 7) is 5.46. The Morgan fingerprint density at radius 3 is 2.50 bits per heavy atom. The Hall–Kier alpha value is -2.01. The van der Waals surface area contributed by atoms with E-state index in [4.69, 9.17) is 15.2 Å². The number of aryl methyl sites for hydroxylation is 1. The Labute approximate surface area is 138 Å². The molecule has 0 bridgehead atoms. The van der Waals surface area contributed by atoms with Gasteiger partial charge in [-0.15, -0.1) is 0 Å². The standard InChI is InChI=1S/C17H18BrNO3/c1-10(2)21-17(20)12-9-16(11(3)8-14(12)19)22-15-7-5-4-6-13(15)18/h4-10H,19H2,1-3H3. The molecular weight excluding hydrogens is 346 g/mol. The lowest BCUT2D eigenvalue weighted by molar-refractivity contribution is 0.0379. The lowest BCUT2D eigenvalue weighted by atomic mass is 10.1. The number of para-hydroxylation sites is 1. The summed E-state index contributed by atoms with van der Waals surface area (Å²) in [5, 5.41) is 0. The molecule has 0 aromatic heterocycles. The van der Waals surface area contributed by atoms with Crippen molar-refractivity contribution in [3.8, 4) is 11.5 Å². The zero-order chi connectivity index (χ0) is 16.3. The second-order valence-corrected chi connectivity index (χ2v) is 6.05. The van der Waals surface area contributed by atoms with Gasteiger partial charge in [-0.3, -0.25) is 0 Å². The van der Waals surface area contributed by atoms with Crippen LogP contribution in [0.1, 0.15) is 29.8 Å². The van der Waals surface area contributed by atoms with Gasteiger partial charge < -0.3 is 15.2 Å². The summed E-state index contributed by atoms with van der Waals surface area (Å²) in [4.78, 5) is 12.1. The highest BCUT2D eigenvalue weighted by Crippen LogP contribution is 2.33. The van der Waals surface area contributed by atoms with Crippen molar-refractivity contribution in [2.24, 2.45) is 0 Å². The van der Waals surface area contributed by atoms with Crippen LogP contribution in [-0.4, -0.2) is 12.1 Å². The molecular formula is C17H18BrNO3. The van der Waals surface area contributed by atoms with Gasteiger partial charge in [0, 0.05) is 5.69 Å². The maximum absolute atomic E-state index is 12.1. The van der Waals surface area contributed by atoms with Gasteiger partial charge in [-0.05, 0) is 66.5 Å². The Morgan fingerprint density at radius 2 is 1.86 bits per heavy atom. The molecule has 4 nitrogen and oxygen atoms in total. The first kappa shape index (κ1) is 16.4. The Morgan fingerprint density at radius 1 is 1.18 bits per heavy atom. The number of benzene rings is 2. The Bertz CT molecular complexity index is 698. The van der Waals surface area contributed by atoms with Crippen LogP contribution >= 0.6 is 15.9 Å². The number of esters is 1. The topological polar surface area (TPSA) is 61.6 Å². The lowest BCUT2D eigenvalue weighted by Gasteiger charge is -2.14. The zero-order valence-electron chi connectivity index (χ0n) is 12.7. The fourth-order valence-corrected chi connectivity index (χ4v) is 2.29. The highest BCUT2D eigenvalue weighted by molar-refractivity contribution is 9.10. The Kier molecular flexibility index (Phi) is 5.08. The van der Waals surface area contributed by atoms with Crippen LogP contribution < -0.4 is 10.5 Å². The van der Waals surface area contributed by atoms with Crippen LogP contribution in [0.15, 0.2) is 40.9 Å². The van der Waals surface area contributed by atoms with Crippen molar-refractivity contribution >= 4 is 27.6 Å². The van der Waals surface area contributed by atoms with Crippen molar-refractivity contribution in [2.45, 2.75) is 26.9 Å². The number of halogens is 1. The van der Waals surface area contributed by atoms with Crippen molar-refractivity contribution in [1.29, 1.82) is 0 Å². The molecule has 2 aromatic carbocycles. The molecule has 2 N–H and O–H groups in total. The van der Waals surface area contributed by atoms with E-state index < -0.39 is 5.97 Å². The second-order valence-electron chi connectivity index (χ2n) is 5.19. The minimum atomic E-state index is -0.454. The fourth-order valence-electron chi connectivity index (χ4n) is 1.92. The van der Waals surface area contributed by atoms with E-state index in [0.717, 1.165) is 10.0 Å².